The van der Waals surface area contributed by atoms with Crippen LogP contribution in [0.1, 0.15) is 171 Å². The zero-order valence-corrected chi connectivity index (χ0v) is 43.9. The molecule has 1 unspecified atom stereocenters. The molecule has 3 aromatic heterocycles. The predicted molar refractivity (Wildman–Crippen MR) is 285 cm³/mol. The van der Waals surface area contributed by atoms with Crippen molar-refractivity contribution in [1.82, 2.24) is 30.6 Å². The Hall–Kier alpha value is -6.48. The van der Waals surface area contributed by atoms with Crippen LogP contribution in [0.2, 0.25) is 0 Å². The number of nitrogens with one attached hydrogen (secondary N) is 3. The van der Waals surface area contributed by atoms with Crippen LogP contribution in [0.15, 0.2) is 143 Å². The SMILES string of the molecule is CCC1(c2ccccc2)C2=C(Cc3[nH]ncc31)CC(C)(C)CC2=O.CC[C@@]1(c2ccccc2)C2=C(Cc3[nH]ncc31)CC(C)(C)CC2=O.CC[C@]1(c2ccccc2)C2=C(Cc3[nH]ncc31)CC(C)(C)CC2=O. The van der Waals surface area contributed by atoms with Crippen LogP contribution in [-0.2, 0) is 49.9 Å². The number of hydrogen-bond acceptors (Lipinski definition) is 6. The minimum Gasteiger partial charge on any atom is -0.294 e. The van der Waals surface area contributed by atoms with Crippen LogP contribution in [-0.4, -0.2) is 47.9 Å². The fourth-order valence-electron chi connectivity index (χ4n) is 14.7. The van der Waals surface area contributed by atoms with Gasteiger partial charge in [-0.2, -0.15) is 15.3 Å². The van der Waals surface area contributed by atoms with Crippen molar-refractivity contribution in [2.75, 3.05) is 0 Å². The molecule has 0 fully saturated rings. The average molecular weight is 961 g/mol. The number of benzene rings is 3. The molecule has 3 atom stereocenters. The number of aromatic nitrogens is 6. The van der Waals surface area contributed by atoms with Gasteiger partial charge >= 0.3 is 0 Å². The van der Waals surface area contributed by atoms with Gasteiger partial charge in [-0.05, 0) is 71.5 Å². The molecule has 3 aromatic carbocycles. The Labute approximate surface area is 425 Å². The Balaban J connectivity index is 0.000000124. The number of hydrogen-bond donors (Lipinski definition) is 3. The normalized spacial score (nSPS) is 25.4. The zero-order valence-electron chi connectivity index (χ0n) is 43.9. The Morgan fingerprint density at radius 1 is 0.389 bits per heavy atom. The number of fused-ring (bicyclic) bond motifs is 3. The molecule has 72 heavy (non-hydrogen) atoms. The number of H-pyrrole nitrogens is 3. The third-order valence-electron chi connectivity index (χ3n) is 17.3. The van der Waals surface area contributed by atoms with E-state index >= 15 is 0 Å². The molecular formula is C63H72N6O3. The van der Waals surface area contributed by atoms with Crippen LogP contribution in [0.4, 0.5) is 0 Å². The van der Waals surface area contributed by atoms with Crippen molar-refractivity contribution >= 4 is 17.3 Å². The second kappa shape index (κ2) is 18.2. The Bertz CT molecular complexity index is 2820. The Morgan fingerprint density at radius 2 is 0.639 bits per heavy atom. The maximum Gasteiger partial charge on any atom is 0.160 e. The lowest BCUT2D eigenvalue weighted by atomic mass is 9.57. The largest absolute Gasteiger partial charge is 0.294 e. The summed E-state index contributed by atoms with van der Waals surface area (Å²) in [6.07, 6.45) is 15.8. The topological polar surface area (TPSA) is 137 Å². The molecule has 9 nitrogen and oxygen atoms in total. The van der Waals surface area contributed by atoms with Gasteiger partial charge in [-0.15, -0.1) is 0 Å². The van der Waals surface area contributed by atoms with Gasteiger partial charge in [0.2, 0.25) is 0 Å². The highest BCUT2D eigenvalue weighted by Gasteiger charge is 2.52. The Morgan fingerprint density at radius 3 is 0.875 bits per heavy atom. The summed E-state index contributed by atoms with van der Waals surface area (Å²) in [6.45, 7) is 19.8. The van der Waals surface area contributed by atoms with E-state index < -0.39 is 0 Å². The second-order valence-corrected chi connectivity index (χ2v) is 24.0. The third-order valence-corrected chi connectivity index (χ3v) is 17.3. The highest BCUT2D eigenvalue weighted by Crippen LogP contribution is 2.56. The van der Waals surface area contributed by atoms with Crippen molar-refractivity contribution in [2.45, 2.75) is 156 Å². The van der Waals surface area contributed by atoms with Crippen molar-refractivity contribution in [3.8, 4) is 0 Å². The first-order valence-corrected chi connectivity index (χ1v) is 26.5. The summed E-state index contributed by atoms with van der Waals surface area (Å²) in [5.74, 6) is 0.955. The molecule has 9 heteroatoms. The van der Waals surface area contributed by atoms with E-state index in [-0.39, 0.29) is 32.5 Å². The van der Waals surface area contributed by atoms with E-state index in [9.17, 15) is 14.4 Å². The van der Waals surface area contributed by atoms with Crippen LogP contribution in [0.25, 0.3) is 0 Å². The van der Waals surface area contributed by atoms with Gasteiger partial charge in [0, 0.05) is 89.0 Å². The first kappa shape index (κ1) is 49.1. The number of aromatic amines is 3. The number of allylic oxidation sites excluding steroid dienone is 6. The molecule has 6 aliphatic rings. The molecule has 3 heterocycles. The van der Waals surface area contributed by atoms with Crippen molar-refractivity contribution < 1.29 is 14.4 Å². The van der Waals surface area contributed by atoms with E-state index in [1.165, 1.54) is 67.2 Å². The summed E-state index contributed by atoms with van der Waals surface area (Å²) >= 11 is 0. The number of rotatable bonds is 6. The van der Waals surface area contributed by atoms with Gasteiger partial charge in [-0.25, -0.2) is 0 Å². The van der Waals surface area contributed by atoms with Crippen molar-refractivity contribution in [2.24, 2.45) is 16.2 Å². The van der Waals surface area contributed by atoms with Gasteiger partial charge in [0.1, 0.15) is 0 Å². The van der Waals surface area contributed by atoms with E-state index in [2.05, 4.69) is 166 Å². The molecular weight excluding hydrogens is 889 g/mol. The standard InChI is InChI=1S/3C21H24N2O/c3*1-4-21(15-8-6-5-7-9-15)16-13-22-23-17(16)10-14-11-20(2,3)12-18(24)19(14)21/h3*5-9,13H,4,10-12H2,1-3H3,(H,22,23)/t2*21-;/m10./s1. The molecule has 0 amide bonds. The molecule has 0 saturated carbocycles. The molecule has 12 rings (SSSR count). The van der Waals surface area contributed by atoms with Crippen LogP contribution < -0.4 is 0 Å². The molecule has 0 bridgehead atoms. The van der Waals surface area contributed by atoms with Gasteiger partial charge in [0.15, 0.2) is 17.3 Å². The molecule has 0 spiro atoms. The first-order chi connectivity index (χ1) is 34.4. The maximum absolute atomic E-state index is 13.2. The molecule has 6 aromatic rings. The lowest BCUT2D eigenvalue weighted by Crippen LogP contribution is -2.42. The van der Waals surface area contributed by atoms with Gasteiger partial charge in [-0.3, -0.25) is 29.7 Å². The number of carbonyl (C=O) groups is 3. The molecule has 0 saturated heterocycles. The number of carbonyl (C=O) groups excluding carboxylic acids is 3. The fraction of sp³-hybridized carbons (Fsp3) is 0.429. The van der Waals surface area contributed by atoms with Crippen LogP contribution in [0.3, 0.4) is 0 Å². The van der Waals surface area contributed by atoms with Crippen molar-refractivity contribution in [3.63, 3.8) is 0 Å². The van der Waals surface area contributed by atoms with E-state index in [0.29, 0.717) is 36.6 Å². The molecule has 6 aliphatic carbocycles. The summed E-state index contributed by atoms with van der Waals surface area (Å²) in [7, 11) is 0. The zero-order chi connectivity index (χ0) is 50.8. The lowest BCUT2D eigenvalue weighted by molar-refractivity contribution is -0.119. The lowest BCUT2D eigenvalue weighted by Gasteiger charge is -2.45. The highest BCUT2D eigenvalue weighted by atomic mass is 16.1. The van der Waals surface area contributed by atoms with Gasteiger partial charge < -0.3 is 0 Å². The van der Waals surface area contributed by atoms with Crippen molar-refractivity contribution in [3.05, 3.63) is 193 Å². The third kappa shape index (κ3) is 7.97. The summed E-state index contributed by atoms with van der Waals surface area (Å²) in [4.78, 5) is 39.7. The van der Waals surface area contributed by atoms with E-state index in [4.69, 9.17) is 0 Å². The monoisotopic (exact) mass is 961 g/mol. The van der Waals surface area contributed by atoms with Crippen molar-refractivity contribution in [1.29, 1.82) is 0 Å². The summed E-state index contributed by atoms with van der Waals surface area (Å²) in [5.41, 5.74) is 16.8. The van der Waals surface area contributed by atoms with Gasteiger partial charge in [-0.1, -0.05) is 170 Å². The smallest absolute Gasteiger partial charge is 0.160 e. The number of Topliss-reactive ketones (excluding diaryl/α,β-unsaturated/α-hetero) is 3. The van der Waals surface area contributed by atoms with E-state index in [0.717, 1.165) is 74.5 Å². The maximum atomic E-state index is 13.2. The van der Waals surface area contributed by atoms with Crippen LogP contribution in [0, 0.1) is 16.2 Å². The summed E-state index contributed by atoms with van der Waals surface area (Å²) in [5, 5.41) is 22.6. The molecule has 372 valence electrons. The Kier molecular flexibility index (Phi) is 12.4. The minimum absolute atomic E-state index is 0.0452. The predicted octanol–water partition coefficient (Wildman–Crippen LogP) is 13.0. The van der Waals surface area contributed by atoms with Crippen LogP contribution >= 0.6 is 0 Å². The van der Waals surface area contributed by atoms with Gasteiger partial charge in [0.05, 0.1) is 34.8 Å². The quantitative estimate of drug-likeness (QED) is 0.152. The molecule has 3 N–H and O–H groups in total. The number of nitrogens with zero attached hydrogens (tertiary/aromatic N) is 3. The van der Waals surface area contributed by atoms with Crippen LogP contribution in [0.5, 0.6) is 0 Å². The second-order valence-electron chi connectivity index (χ2n) is 24.0. The molecule has 0 aliphatic heterocycles. The van der Waals surface area contributed by atoms with E-state index in [1.54, 1.807) is 0 Å². The molecule has 0 radical (unpaired) electrons. The summed E-state index contributed by atoms with van der Waals surface area (Å²) in [6, 6.07) is 31.4. The minimum atomic E-state index is -0.356. The highest BCUT2D eigenvalue weighted by molar-refractivity contribution is 6.03. The summed E-state index contributed by atoms with van der Waals surface area (Å²) < 4.78 is 0. The van der Waals surface area contributed by atoms with E-state index in [1.807, 2.05) is 36.8 Å². The number of ketones is 3. The van der Waals surface area contributed by atoms with Gasteiger partial charge in [0.25, 0.3) is 0 Å². The fourth-order valence-corrected chi connectivity index (χ4v) is 14.7. The first-order valence-electron chi connectivity index (χ1n) is 26.5. The average Bonchev–Trinajstić information content (AvgIpc) is 4.15.